The monoisotopic (exact) mass is 285 g/mol. The average Bonchev–Trinajstić information content (AvgIpc) is 2.40. The molecule has 0 spiro atoms. The molecule has 0 unspecified atom stereocenters. The molecule has 2 rings (SSSR count). The Hall–Kier alpha value is -1.68. The maximum atomic E-state index is 13.0. The first-order valence-corrected chi connectivity index (χ1v) is 6.00. The van der Waals surface area contributed by atoms with Gasteiger partial charge in [0.1, 0.15) is 5.82 Å². The Morgan fingerprint density at radius 2 is 1.89 bits per heavy atom. The second-order valence-corrected chi connectivity index (χ2v) is 4.44. The van der Waals surface area contributed by atoms with E-state index >= 15 is 0 Å². The molecule has 2 aromatic rings. The van der Waals surface area contributed by atoms with Gasteiger partial charge in [-0.1, -0.05) is 29.8 Å². The molecule has 1 N–H and O–H groups in total. The molecule has 19 heavy (non-hydrogen) atoms. The average molecular weight is 286 g/mol. The molecule has 0 fully saturated rings. The van der Waals surface area contributed by atoms with E-state index in [0.29, 0.717) is 12.2 Å². The van der Waals surface area contributed by atoms with Crippen molar-refractivity contribution in [2.24, 2.45) is 0 Å². The van der Waals surface area contributed by atoms with Crippen molar-refractivity contribution in [1.29, 1.82) is 0 Å². The van der Waals surface area contributed by atoms with E-state index in [4.69, 9.17) is 11.6 Å². The lowest BCUT2D eigenvalue weighted by Gasteiger charge is -2.08. The summed E-state index contributed by atoms with van der Waals surface area (Å²) in [5.74, 6) is -0.494. The van der Waals surface area contributed by atoms with Crippen LogP contribution in [0, 0.1) is 5.82 Å². The van der Waals surface area contributed by atoms with Crippen LogP contribution >= 0.6 is 11.6 Å². The number of rotatable bonds is 4. The van der Waals surface area contributed by atoms with Crippen molar-refractivity contribution in [1.82, 2.24) is 0 Å². The zero-order valence-electron chi connectivity index (χ0n) is 9.84. The molecular weight excluding hydrogens is 275 g/mol. The van der Waals surface area contributed by atoms with E-state index in [1.165, 1.54) is 30.3 Å². The Morgan fingerprint density at radius 1 is 1.11 bits per heavy atom. The van der Waals surface area contributed by atoms with Gasteiger partial charge in [0.15, 0.2) is 0 Å². The molecule has 1 nitrogen and oxygen atoms in total. The number of halogens is 4. The highest BCUT2D eigenvalue weighted by Gasteiger charge is 2.07. The Balaban J connectivity index is 2.05. The minimum absolute atomic E-state index is 0.0172. The Morgan fingerprint density at radius 3 is 2.58 bits per heavy atom. The number of alkyl halides is 2. The van der Waals surface area contributed by atoms with E-state index in [9.17, 15) is 13.2 Å². The van der Waals surface area contributed by atoms with Crippen molar-refractivity contribution in [3.63, 3.8) is 0 Å². The van der Waals surface area contributed by atoms with E-state index in [0.717, 1.165) is 5.56 Å². The number of nitrogens with one attached hydrogen (secondary N) is 1. The standard InChI is InChI=1S/C14H11ClF3N/c15-12-7-11(4-5-13(12)16)19-8-9-2-1-3-10(6-9)14(17)18/h1-7,14,19H,8H2. The molecule has 0 aliphatic rings. The summed E-state index contributed by atoms with van der Waals surface area (Å²) < 4.78 is 38.0. The molecule has 0 saturated heterocycles. The summed E-state index contributed by atoms with van der Waals surface area (Å²) in [6.07, 6.45) is -2.49. The van der Waals surface area contributed by atoms with Gasteiger partial charge in [-0.05, 0) is 29.8 Å². The van der Waals surface area contributed by atoms with Crippen molar-refractivity contribution in [2.75, 3.05) is 5.32 Å². The molecule has 0 atom stereocenters. The van der Waals surface area contributed by atoms with Gasteiger partial charge < -0.3 is 5.32 Å². The van der Waals surface area contributed by atoms with Gasteiger partial charge >= 0.3 is 0 Å². The van der Waals surface area contributed by atoms with Crippen molar-refractivity contribution < 1.29 is 13.2 Å². The molecule has 0 aromatic heterocycles. The van der Waals surface area contributed by atoms with Crippen LogP contribution in [0.15, 0.2) is 42.5 Å². The van der Waals surface area contributed by atoms with Crippen LogP contribution in [0.5, 0.6) is 0 Å². The normalized spacial score (nSPS) is 10.8. The van der Waals surface area contributed by atoms with Gasteiger partial charge in [0.2, 0.25) is 0 Å². The first-order valence-electron chi connectivity index (χ1n) is 5.62. The third-order valence-corrected chi connectivity index (χ3v) is 2.91. The molecule has 0 aliphatic carbocycles. The molecule has 0 radical (unpaired) electrons. The minimum atomic E-state index is -2.49. The van der Waals surface area contributed by atoms with E-state index in [1.54, 1.807) is 12.1 Å². The van der Waals surface area contributed by atoms with Gasteiger partial charge in [-0.2, -0.15) is 0 Å². The number of benzene rings is 2. The smallest absolute Gasteiger partial charge is 0.263 e. The summed E-state index contributed by atoms with van der Waals surface area (Å²) >= 11 is 5.65. The van der Waals surface area contributed by atoms with Gasteiger partial charge in [-0.3, -0.25) is 0 Å². The second-order valence-electron chi connectivity index (χ2n) is 4.03. The Bertz CT molecular complexity index is 572. The zero-order chi connectivity index (χ0) is 13.8. The van der Waals surface area contributed by atoms with Crippen molar-refractivity contribution in [3.8, 4) is 0 Å². The largest absolute Gasteiger partial charge is 0.381 e. The van der Waals surface area contributed by atoms with Crippen LogP contribution in [0.1, 0.15) is 17.6 Å². The van der Waals surface area contributed by atoms with Crippen LogP contribution in [0.2, 0.25) is 5.02 Å². The quantitative estimate of drug-likeness (QED) is 0.831. The molecular formula is C14H11ClF3N. The number of anilines is 1. The topological polar surface area (TPSA) is 12.0 Å². The summed E-state index contributed by atoms with van der Waals surface area (Å²) in [5.41, 5.74) is 1.34. The molecule has 0 saturated carbocycles. The van der Waals surface area contributed by atoms with Crippen LogP contribution in [0.3, 0.4) is 0 Å². The zero-order valence-corrected chi connectivity index (χ0v) is 10.6. The molecule has 5 heteroatoms. The molecule has 0 bridgehead atoms. The van der Waals surface area contributed by atoms with Crippen molar-refractivity contribution in [3.05, 3.63) is 64.4 Å². The first-order chi connectivity index (χ1) is 9.06. The van der Waals surface area contributed by atoms with Gasteiger partial charge in [-0.15, -0.1) is 0 Å². The third kappa shape index (κ3) is 3.64. The van der Waals surface area contributed by atoms with E-state index in [2.05, 4.69) is 5.32 Å². The number of hydrogen-bond acceptors (Lipinski definition) is 1. The highest BCUT2D eigenvalue weighted by Crippen LogP contribution is 2.22. The molecule has 0 aliphatic heterocycles. The summed E-state index contributed by atoms with van der Waals surface area (Å²) in [6, 6.07) is 10.4. The van der Waals surface area contributed by atoms with E-state index < -0.39 is 12.2 Å². The van der Waals surface area contributed by atoms with Gasteiger partial charge in [0.05, 0.1) is 5.02 Å². The molecule has 2 aromatic carbocycles. The lowest BCUT2D eigenvalue weighted by molar-refractivity contribution is 0.151. The Kier molecular flexibility index (Phi) is 4.32. The second kappa shape index (κ2) is 5.97. The van der Waals surface area contributed by atoms with E-state index in [-0.39, 0.29) is 10.6 Å². The SMILES string of the molecule is Fc1ccc(NCc2cccc(C(F)F)c2)cc1Cl. The van der Waals surface area contributed by atoms with Crippen LogP contribution < -0.4 is 5.32 Å². The first kappa shape index (κ1) is 13.7. The van der Waals surface area contributed by atoms with Gasteiger partial charge in [-0.25, -0.2) is 13.2 Å². The summed E-state index contributed by atoms with van der Waals surface area (Å²) in [7, 11) is 0. The summed E-state index contributed by atoms with van der Waals surface area (Å²) in [6.45, 7) is 0.364. The van der Waals surface area contributed by atoms with E-state index in [1.807, 2.05) is 0 Å². The van der Waals surface area contributed by atoms with Crippen LogP contribution in [-0.2, 0) is 6.54 Å². The van der Waals surface area contributed by atoms with Crippen molar-refractivity contribution in [2.45, 2.75) is 13.0 Å². The lowest BCUT2D eigenvalue weighted by Crippen LogP contribution is -2.00. The molecule has 0 amide bonds. The Labute approximate surface area is 114 Å². The van der Waals surface area contributed by atoms with Crippen molar-refractivity contribution >= 4 is 17.3 Å². The maximum Gasteiger partial charge on any atom is 0.263 e. The van der Waals surface area contributed by atoms with Crippen LogP contribution in [-0.4, -0.2) is 0 Å². The fraction of sp³-hybridized carbons (Fsp3) is 0.143. The predicted molar refractivity (Wildman–Crippen MR) is 70.1 cm³/mol. The predicted octanol–water partition coefficient (Wildman–Crippen LogP) is 5.03. The van der Waals surface area contributed by atoms with Crippen LogP contribution in [0.4, 0.5) is 18.9 Å². The van der Waals surface area contributed by atoms with Gasteiger partial charge in [0.25, 0.3) is 6.43 Å². The fourth-order valence-corrected chi connectivity index (χ4v) is 1.83. The lowest BCUT2D eigenvalue weighted by atomic mass is 10.1. The highest BCUT2D eigenvalue weighted by atomic mass is 35.5. The number of hydrogen-bond donors (Lipinski definition) is 1. The minimum Gasteiger partial charge on any atom is -0.381 e. The van der Waals surface area contributed by atoms with Gasteiger partial charge in [0, 0.05) is 17.8 Å². The maximum absolute atomic E-state index is 13.0. The summed E-state index contributed by atoms with van der Waals surface area (Å²) in [4.78, 5) is 0. The highest BCUT2D eigenvalue weighted by molar-refractivity contribution is 6.31. The van der Waals surface area contributed by atoms with Crippen LogP contribution in [0.25, 0.3) is 0 Å². The fourth-order valence-electron chi connectivity index (χ4n) is 1.65. The summed E-state index contributed by atoms with van der Waals surface area (Å²) in [5, 5.41) is 3.02. The molecule has 0 heterocycles. The third-order valence-electron chi connectivity index (χ3n) is 2.62. The molecule has 100 valence electrons.